The topological polar surface area (TPSA) is 54.0 Å². The third kappa shape index (κ3) is 2.77. The zero-order chi connectivity index (χ0) is 13.0. The Morgan fingerprint density at radius 3 is 2.89 bits per heavy atom. The first kappa shape index (κ1) is 13.2. The summed E-state index contributed by atoms with van der Waals surface area (Å²) in [6, 6.07) is 3.61. The molecule has 2 N–H and O–H groups in total. The van der Waals surface area contributed by atoms with Gasteiger partial charge in [-0.3, -0.25) is 9.78 Å². The third-order valence-corrected chi connectivity index (χ3v) is 4.97. The molecule has 1 aromatic rings. The van der Waals surface area contributed by atoms with Crippen molar-refractivity contribution in [3.05, 3.63) is 24.0 Å². The van der Waals surface area contributed by atoms with E-state index in [2.05, 4.69) is 21.9 Å². The lowest BCUT2D eigenvalue weighted by molar-refractivity contribution is 0.0939. The van der Waals surface area contributed by atoms with Gasteiger partial charge < -0.3 is 10.6 Å². The van der Waals surface area contributed by atoms with E-state index in [9.17, 15) is 4.79 Å². The van der Waals surface area contributed by atoms with E-state index in [-0.39, 0.29) is 10.7 Å². The number of pyridine rings is 1. The number of amides is 1. The summed E-state index contributed by atoms with van der Waals surface area (Å²) in [5.41, 5.74) is 1.37. The summed E-state index contributed by atoms with van der Waals surface area (Å²) >= 11 is 1.86. The van der Waals surface area contributed by atoms with Gasteiger partial charge in [0.05, 0.1) is 0 Å². The lowest BCUT2D eigenvalue weighted by Crippen LogP contribution is -2.45. The predicted octanol–water partition coefficient (Wildman–Crippen LogP) is 2.14. The molecular formula is C13H19N3OS. The molecule has 0 aliphatic heterocycles. The van der Waals surface area contributed by atoms with Gasteiger partial charge in [-0.15, -0.1) is 0 Å². The Balaban J connectivity index is 1.95. The molecule has 0 spiro atoms. The molecule has 0 atom stereocenters. The summed E-state index contributed by atoms with van der Waals surface area (Å²) in [6.45, 7) is 0.735. The highest BCUT2D eigenvalue weighted by Gasteiger charge is 2.36. The molecule has 1 aromatic heterocycles. The number of hydrogen-bond acceptors (Lipinski definition) is 4. The summed E-state index contributed by atoms with van der Waals surface area (Å²) in [6.07, 6.45) is 7.42. The predicted molar refractivity (Wildman–Crippen MR) is 76.2 cm³/mol. The minimum absolute atomic E-state index is 0.0903. The second-order valence-corrected chi connectivity index (χ2v) is 5.88. The first-order valence-electron chi connectivity index (χ1n) is 6.16. The van der Waals surface area contributed by atoms with Gasteiger partial charge in [-0.2, -0.15) is 11.8 Å². The number of hydrogen-bond donors (Lipinski definition) is 2. The average molecular weight is 265 g/mol. The fourth-order valence-electron chi connectivity index (χ4n) is 2.07. The van der Waals surface area contributed by atoms with Crippen molar-refractivity contribution in [3.63, 3.8) is 0 Å². The maximum Gasteiger partial charge on any atom is 0.270 e. The lowest BCUT2D eigenvalue weighted by Gasteiger charge is -2.40. The van der Waals surface area contributed by atoms with Gasteiger partial charge in [-0.25, -0.2) is 0 Å². The molecule has 2 rings (SSSR count). The fourth-order valence-corrected chi connectivity index (χ4v) is 2.98. The molecule has 1 amide bonds. The van der Waals surface area contributed by atoms with Crippen LogP contribution in [0.15, 0.2) is 18.3 Å². The Hall–Kier alpha value is -1.23. The number of nitrogens with zero attached hydrogens (tertiary/aromatic N) is 1. The van der Waals surface area contributed by atoms with Crippen LogP contribution in [0.5, 0.6) is 0 Å². The van der Waals surface area contributed by atoms with E-state index >= 15 is 0 Å². The van der Waals surface area contributed by atoms with Crippen LogP contribution in [0.4, 0.5) is 5.69 Å². The maximum absolute atomic E-state index is 12.0. The molecule has 1 aliphatic carbocycles. The minimum atomic E-state index is -0.0903. The number of carbonyl (C=O) groups excluding carboxylic acids is 1. The molecule has 0 unspecified atom stereocenters. The van der Waals surface area contributed by atoms with Gasteiger partial charge in [-0.05, 0) is 31.2 Å². The highest BCUT2D eigenvalue weighted by molar-refractivity contribution is 8.00. The molecule has 4 nitrogen and oxygen atoms in total. The molecule has 0 aromatic carbocycles. The van der Waals surface area contributed by atoms with Crippen LogP contribution in [-0.4, -0.2) is 35.5 Å². The van der Waals surface area contributed by atoms with Gasteiger partial charge in [0.1, 0.15) is 5.69 Å². The summed E-state index contributed by atoms with van der Waals surface area (Å²) in [5.74, 6) is -0.0903. The highest BCUT2D eigenvalue weighted by Crippen LogP contribution is 2.42. The van der Waals surface area contributed by atoms with E-state index in [0.29, 0.717) is 5.69 Å². The fraction of sp³-hybridized carbons (Fsp3) is 0.538. The smallest absolute Gasteiger partial charge is 0.270 e. The second kappa shape index (κ2) is 5.61. The Labute approximate surface area is 112 Å². The van der Waals surface area contributed by atoms with Crippen LogP contribution in [0.2, 0.25) is 0 Å². The van der Waals surface area contributed by atoms with Gasteiger partial charge in [0.15, 0.2) is 0 Å². The number of thioether (sulfide) groups is 1. The zero-order valence-corrected chi connectivity index (χ0v) is 11.6. The van der Waals surface area contributed by atoms with Crippen molar-refractivity contribution in [2.24, 2.45) is 0 Å². The highest BCUT2D eigenvalue weighted by atomic mass is 32.2. The Morgan fingerprint density at radius 2 is 2.33 bits per heavy atom. The van der Waals surface area contributed by atoms with Crippen LogP contribution >= 0.6 is 11.8 Å². The first-order valence-corrected chi connectivity index (χ1v) is 7.39. The molecule has 0 radical (unpaired) electrons. The normalized spacial score (nSPS) is 16.8. The Bertz CT molecular complexity index is 426. The lowest BCUT2D eigenvalue weighted by atomic mass is 9.84. The molecule has 5 heteroatoms. The number of carbonyl (C=O) groups is 1. The van der Waals surface area contributed by atoms with Gasteiger partial charge in [0.25, 0.3) is 5.91 Å². The van der Waals surface area contributed by atoms with Crippen molar-refractivity contribution in [3.8, 4) is 0 Å². The molecule has 18 heavy (non-hydrogen) atoms. The van der Waals surface area contributed by atoms with Crippen LogP contribution in [0.25, 0.3) is 0 Å². The van der Waals surface area contributed by atoms with E-state index in [1.165, 1.54) is 19.3 Å². The monoisotopic (exact) mass is 265 g/mol. The second-order valence-electron chi connectivity index (χ2n) is 4.60. The molecule has 1 aliphatic rings. The summed E-state index contributed by atoms with van der Waals surface area (Å²) in [4.78, 5) is 16.1. The molecule has 1 heterocycles. The standard InChI is InChI=1S/C13H19N3OS/c1-14-10-4-7-15-11(8-10)12(17)16-9-13(18-2)5-3-6-13/h4,7-8H,3,5-6,9H2,1-2H3,(H,14,15)(H,16,17). The van der Waals surface area contributed by atoms with E-state index < -0.39 is 0 Å². The number of rotatable bonds is 5. The minimum Gasteiger partial charge on any atom is -0.388 e. The van der Waals surface area contributed by atoms with Crippen molar-refractivity contribution in [1.29, 1.82) is 0 Å². The SMILES string of the molecule is CNc1ccnc(C(=O)NCC2(SC)CCC2)c1. The van der Waals surface area contributed by atoms with Crippen LogP contribution < -0.4 is 10.6 Å². The van der Waals surface area contributed by atoms with Crippen LogP contribution in [0.1, 0.15) is 29.8 Å². The summed E-state index contributed by atoms with van der Waals surface area (Å²) in [5, 5.41) is 6.00. The average Bonchev–Trinajstić information content (AvgIpc) is 2.38. The number of anilines is 1. The Kier molecular flexibility index (Phi) is 4.11. The molecule has 0 bridgehead atoms. The van der Waals surface area contributed by atoms with E-state index in [1.807, 2.05) is 24.9 Å². The van der Waals surface area contributed by atoms with E-state index in [0.717, 1.165) is 12.2 Å². The van der Waals surface area contributed by atoms with Crippen LogP contribution in [-0.2, 0) is 0 Å². The number of aromatic nitrogens is 1. The van der Waals surface area contributed by atoms with E-state index in [1.54, 1.807) is 12.3 Å². The zero-order valence-electron chi connectivity index (χ0n) is 10.8. The van der Waals surface area contributed by atoms with Crippen molar-refractivity contribution >= 4 is 23.4 Å². The Morgan fingerprint density at radius 1 is 1.56 bits per heavy atom. The van der Waals surface area contributed by atoms with Crippen molar-refractivity contribution < 1.29 is 4.79 Å². The van der Waals surface area contributed by atoms with E-state index in [4.69, 9.17) is 0 Å². The molecule has 1 saturated carbocycles. The van der Waals surface area contributed by atoms with Crippen molar-refractivity contribution in [2.45, 2.75) is 24.0 Å². The van der Waals surface area contributed by atoms with Crippen LogP contribution in [0, 0.1) is 0 Å². The van der Waals surface area contributed by atoms with Gasteiger partial charge >= 0.3 is 0 Å². The van der Waals surface area contributed by atoms with Crippen molar-refractivity contribution in [2.75, 3.05) is 25.2 Å². The molecule has 0 saturated heterocycles. The molecular weight excluding hydrogens is 246 g/mol. The quantitative estimate of drug-likeness (QED) is 0.856. The van der Waals surface area contributed by atoms with Crippen molar-refractivity contribution in [1.82, 2.24) is 10.3 Å². The maximum atomic E-state index is 12.0. The molecule has 98 valence electrons. The van der Waals surface area contributed by atoms with Crippen LogP contribution in [0.3, 0.4) is 0 Å². The molecule has 1 fully saturated rings. The first-order chi connectivity index (χ1) is 8.69. The van der Waals surface area contributed by atoms with Gasteiger partial charge in [0.2, 0.25) is 0 Å². The third-order valence-electron chi connectivity index (χ3n) is 3.55. The summed E-state index contributed by atoms with van der Waals surface area (Å²) in [7, 11) is 1.83. The number of nitrogens with one attached hydrogen (secondary N) is 2. The largest absolute Gasteiger partial charge is 0.388 e. The van der Waals surface area contributed by atoms with Gasteiger partial charge in [0, 0.05) is 30.2 Å². The van der Waals surface area contributed by atoms with Gasteiger partial charge in [-0.1, -0.05) is 6.42 Å². The summed E-state index contributed by atoms with van der Waals surface area (Å²) < 4.78 is 0.260.